The first-order chi connectivity index (χ1) is 14.0. The van der Waals surface area contributed by atoms with E-state index < -0.39 is 0 Å². The van der Waals surface area contributed by atoms with E-state index in [9.17, 15) is 5.11 Å². The Bertz CT molecular complexity index is 1010. The molecule has 152 valence electrons. The highest BCUT2D eigenvalue weighted by molar-refractivity contribution is 5.87. The molecule has 0 radical (unpaired) electrons. The summed E-state index contributed by atoms with van der Waals surface area (Å²) in [6.45, 7) is 3.61. The molecule has 2 aliphatic heterocycles. The van der Waals surface area contributed by atoms with Crippen LogP contribution in [-0.2, 0) is 11.8 Å². The Morgan fingerprint density at radius 1 is 1.14 bits per heavy atom. The summed E-state index contributed by atoms with van der Waals surface area (Å²) in [5, 5.41) is 15.9. The minimum atomic E-state index is -0.327. The van der Waals surface area contributed by atoms with Gasteiger partial charge in [0.05, 0.1) is 29.4 Å². The van der Waals surface area contributed by atoms with Gasteiger partial charge in [0.2, 0.25) is 0 Å². The predicted molar refractivity (Wildman–Crippen MR) is 111 cm³/mol. The van der Waals surface area contributed by atoms with Gasteiger partial charge in [0, 0.05) is 33.0 Å². The minimum absolute atomic E-state index is 0.0437. The molecule has 0 saturated carbocycles. The highest BCUT2D eigenvalue weighted by Crippen LogP contribution is 2.43. The van der Waals surface area contributed by atoms with Crippen molar-refractivity contribution in [3.05, 3.63) is 47.9 Å². The predicted octanol–water partition coefficient (Wildman–Crippen LogP) is 2.92. The number of fused-ring (bicyclic) bond motifs is 1. The SMILES string of the molecule is Cc1nc(N2CCC3(CC2)C[C@H](O)C[C@H](c2ccccc2)O3)c2cnn(C)c2n1. The Hall–Kier alpha value is -2.51. The largest absolute Gasteiger partial charge is 0.393 e. The number of benzene rings is 1. The quantitative estimate of drug-likeness (QED) is 0.721. The number of rotatable bonds is 2. The Morgan fingerprint density at radius 3 is 2.66 bits per heavy atom. The molecule has 0 unspecified atom stereocenters. The summed E-state index contributed by atoms with van der Waals surface area (Å²) in [6.07, 6.45) is 4.59. The van der Waals surface area contributed by atoms with Gasteiger partial charge < -0.3 is 14.7 Å². The van der Waals surface area contributed by atoms with E-state index in [4.69, 9.17) is 9.72 Å². The van der Waals surface area contributed by atoms with E-state index in [1.165, 1.54) is 0 Å². The molecule has 2 aromatic heterocycles. The summed E-state index contributed by atoms with van der Waals surface area (Å²) in [6, 6.07) is 10.3. The van der Waals surface area contributed by atoms with Crippen molar-refractivity contribution >= 4 is 16.9 Å². The molecule has 7 nitrogen and oxygen atoms in total. The second-order valence-electron chi connectivity index (χ2n) is 8.38. The lowest BCUT2D eigenvalue weighted by atomic mass is 9.81. The summed E-state index contributed by atoms with van der Waals surface area (Å²) < 4.78 is 8.43. The van der Waals surface area contributed by atoms with Crippen molar-refractivity contribution in [3.8, 4) is 0 Å². The molecular weight excluding hydrogens is 366 g/mol. The topological polar surface area (TPSA) is 76.3 Å². The van der Waals surface area contributed by atoms with Gasteiger partial charge >= 0.3 is 0 Å². The number of ether oxygens (including phenoxy) is 1. The maximum Gasteiger partial charge on any atom is 0.163 e. The maximum atomic E-state index is 10.6. The molecule has 1 spiro atoms. The molecule has 2 saturated heterocycles. The fraction of sp³-hybridized carbons (Fsp3) is 0.500. The van der Waals surface area contributed by atoms with Crippen molar-refractivity contribution in [1.82, 2.24) is 19.7 Å². The lowest BCUT2D eigenvalue weighted by molar-refractivity contribution is -0.173. The molecule has 2 atom stereocenters. The van der Waals surface area contributed by atoms with Crippen LogP contribution in [-0.4, -0.2) is 49.6 Å². The van der Waals surface area contributed by atoms with Crippen LogP contribution in [0.2, 0.25) is 0 Å². The van der Waals surface area contributed by atoms with E-state index in [2.05, 4.69) is 27.1 Å². The van der Waals surface area contributed by atoms with E-state index in [-0.39, 0.29) is 17.8 Å². The molecule has 1 N–H and O–H groups in total. The molecule has 3 aromatic rings. The van der Waals surface area contributed by atoms with Gasteiger partial charge in [0.15, 0.2) is 5.65 Å². The zero-order valence-corrected chi connectivity index (χ0v) is 17.0. The lowest BCUT2D eigenvalue weighted by Crippen LogP contribution is -2.51. The molecule has 29 heavy (non-hydrogen) atoms. The third-order valence-corrected chi connectivity index (χ3v) is 6.32. The summed E-state index contributed by atoms with van der Waals surface area (Å²) >= 11 is 0. The fourth-order valence-electron chi connectivity index (χ4n) is 4.83. The molecule has 4 heterocycles. The van der Waals surface area contributed by atoms with E-state index in [1.807, 2.05) is 38.4 Å². The van der Waals surface area contributed by atoms with Crippen LogP contribution in [0.5, 0.6) is 0 Å². The van der Waals surface area contributed by atoms with Crippen LogP contribution < -0.4 is 4.90 Å². The summed E-state index contributed by atoms with van der Waals surface area (Å²) in [7, 11) is 1.91. The lowest BCUT2D eigenvalue weighted by Gasteiger charge is -2.48. The fourth-order valence-corrected chi connectivity index (χ4v) is 4.83. The number of aromatic nitrogens is 4. The molecule has 2 aliphatic rings. The zero-order chi connectivity index (χ0) is 20.0. The first-order valence-electron chi connectivity index (χ1n) is 10.4. The van der Waals surface area contributed by atoms with Gasteiger partial charge in [-0.2, -0.15) is 5.10 Å². The number of nitrogens with zero attached hydrogens (tertiary/aromatic N) is 5. The summed E-state index contributed by atoms with van der Waals surface area (Å²) in [5.74, 6) is 1.70. The van der Waals surface area contributed by atoms with Crippen molar-refractivity contribution in [2.75, 3.05) is 18.0 Å². The number of aliphatic hydroxyl groups excluding tert-OH is 1. The van der Waals surface area contributed by atoms with Gasteiger partial charge in [-0.15, -0.1) is 0 Å². The Morgan fingerprint density at radius 2 is 1.90 bits per heavy atom. The molecule has 2 fully saturated rings. The standard InChI is InChI=1S/C22H27N5O2/c1-15-24-20-18(14-23-26(20)2)21(25-15)27-10-8-22(9-11-27)13-17(28)12-19(29-22)16-6-4-3-5-7-16/h3-7,14,17,19,28H,8-13H2,1-2H3/t17-,19-/m1/s1. The number of piperidine rings is 1. The molecule has 5 rings (SSSR count). The molecule has 0 amide bonds. The average molecular weight is 393 g/mol. The van der Waals surface area contributed by atoms with E-state index in [1.54, 1.807) is 4.68 Å². The van der Waals surface area contributed by atoms with Gasteiger partial charge in [-0.25, -0.2) is 9.97 Å². The van der Waals surface area contributed by atoms with Crippen molar-refractivity contribution < 1.29 is 9.84 Å². The van der Waals surface area contributed by atoms with Crippen LogP contribution in [0.25, 0.3) is 11.0 Å². The Kier molecular flexibility index (Phi) is 4.52. The van der Waals surface area contributed by atoms with E-state index >= 15 is 0 Å². The molecule has 7 heteroatoms. The molecule has 0 bridgehead atoms. The van der Waals surface area contributed by atoms with Crippen LogP contribution >= 0.6 is 0 Å². The van der Waals surface area contributed by atoms with Crippen molar-refractivity contribution in [1.29, 1.82) is 0 Å². The van der Waals surface area contributed by atoms with Gasteiger partial charge in [-0.3, -0.25) is 4.68 Å². The average Bonchev–Trinajstić information content (AvgIpc) is 3.09. The second kappa shape index (κ2) is 7.07. The first-order valence-corrected chi connectivity index (χ1v) is 10.4. The molecular formula is C22H27N5O2. The Labute approximate surface area is 170 Å². The highest BCUT2D eigenvalue weighted by atomic mass is 16.5. The van der Waals surface area contributed by atoms with Crippen LogP contribution in [0.1, 0.15) is 43.2 Å². The van der Waals surface area contributed by atoms with Gasteiger partial charge in [0.25, 0.3) is 0 Å². The van der Waals surface area contributed by atoms with Crippen LogP contribution in [0, 0.1) is 6.92 Å². The highest BCUT2D eigenvalue weighted by Gasteiger charge is 2.44. The van der Waals surface area contributed by atoms with Crippen LogP contribution in [0.15, 0.2) is 36.5 Å². The van der Waals surface area contributed by atoms with E-state index in [0.717, 1.165) is 54.2 Å². The number of aryl methyl sites for hydroxylation is 2. The smallest absolute Gasteiger partial charge is 0.163 e. The second-order valence-corrected chi connectivity index (χ2v) is 8.38. The zero-order valence-electron chi connectivity index (χ0n) is 17.0. The first kappa shape index (κ1) is 18.5. The van der Waals surface area contributed by atoms with Crippen molar-refractivity contribution in [3.63, 3.8) is 0 Å². The minimum Gasteiger partial charge on any atom is -0.393 e. The maximum absolute atomic E-state index is 10.6. The number of hydrogen-bond donors (Lipinski definition) is 1. The molecule has 1 aromatic carbocycles. The van der Waals surface area contributed by atoms with Gasteiger partial charge in [0.1, 0.15) is 11.6 Å². The number of aliphatic hydroxyl groups is 1. The third kappa shape index (κ3) is 3.38. The number of hydrogen-bond acceptors (Lipinski definition) is 6. The van der Waals surface area contributed by atoms with E-state index in [0.29, 0.717) is 12.8 Å². The van der Waals surface area contributed by atoms with Crippen molar-refractivity contribution in [2.45, 2.75) is 50.4 Å². The monoisotopic (exact) mass is 393 g/mol. The number of anilines is 1. The van der Waals surface area contributed by atoms with Crippen LogP contribution in [0.4, 0.5) is 5.82 Å². The summed E-state index contributed by atoms with van der Waals surface area (Å²) in [4.78, 5) is 11.6. The van der Waals surface area contributed by atoms with Gasteiger partial charge in [-0.1, -0.05) is 30.3 Å². The molecule has 0 aliphatic carbocycles. The normalized spacial score (nSPS) is 24.3. The van der Waals surface area contributed by atoms with Crippen LogP contribution in [0.3, 0.4) is 0 Å². The van der Waals surface area contributed by atoms with Crippen molar-refractivity contribution in [2.24, 2.45) is 7.05 Å². The van der Waals surface area contributed by atoms with Gasteiger partial charge in [-0.05, 0) is 25.3 Å². The Balaban J connectivity index is 1.37. The summed E-state index contributed by atoms with van der Waals surface area (Å²) in [5.41, 5.74) is 1.74. The third-order valence-electron chi connectivity index (χ3n) is 6.32.